The van der Waals surface area contributed by atoms with Gasteiger partial charge in [-0.2, -0.15) is 9.78 Å². The Morgan fingerprint density at radius 3 is 3.00 bits per heavy atom. The maximum atomic E-state index is 6.12. The molecule has 5 nitrogen and oxygen atoms in total. The molecule has 1 aromatic carbocycles. The van der Waals surface area contributed by atoms with E-state index in [9.17, 15) is 0 Å². The Kier molecular flexibility index (Phi) is 3.16. The molecule has 0 aliphatic heterocycles. The van der Waals surface area contributed by atoms with Crippen molar-refractivity contribution in [3.05, 3.63) is 30.5 Å². The van der Waals surface area contributed by atoms with Gasteiger partial charge in [0.25, 0.3) is 0 Å². The molecule has 2 heterocycles. The van der Waals surface area contributed by atoms with Gasteiger partial charge in [0, 0.05) is 0 Å². The summed E-state index contributed by atoms with van der Waals surface area (Å²) in [6, 6.07) is 7.88. The van der Waals surface area contributed by atoms with Crippen molar-refractivity contribution in [3.8, 4) is 5.95 Å². The Labute approximate surface area is 115 Å². The lowest BCUT2D eigenvalue weighted by Gasteiger charge is -2.00. The molecule has 0 unspecified atom stereocenters. The minimum absolute atomic E-state index is 0.637. The fourth-order valence-electron chi connectivity index (χ4n) is 1.87. The molecule has 2 aromatic heterocycles. The summed E-state index contributed by atoms with van der Waals surface area (Å²) < 4.78 is 1.65. The second-order valence-electron chi connectivity index (χ2n) is 4.23. The molecule has 19 heavy (non-hydrogen) atoms. The number of nitrogens with one attached hydrogen (secondary N) is 1. The summed E-state index contributed by atoms with van der Waals surface area (Å²) in [5.41, 5.74) is 8.01. The van der Waals surface area contributed by atoms with Crippen LogP contribution in [-0.4, -0.2) is 25.5 Å². The van der Waals surface area contributed by atoms with Gasteiger partial charge in [-0.3, -0.25) is 0 Å². The number of aromatic amines is 1. The van der Waals surface area contributed by atoms with E-state index < -0.39 is 0 Å². The van der Waals surface area contributed by atoms with Crippen molar-refractivity contribution in [3.63, 3.8) is 0 Å². The Hall–Kier alpha value is -1.95. The minimum atomic E-state index is 0.637. The van der Waals surface area contributed by atoms with Gasteiger partial charge >= 0.3 is 0 Å². The SMILES string of the molecule is CCCSc1cnn(-c2nc3ccccc3[nH]2)c1N. The van der Waals surface area contributed by atoms with Crippen LogP contribution in [0.4, 0.5) is 5.82 Å². The van der Waals surface area contributed by atoms with Crippen molar-refractivity contribution in [2.45, 2.75) is 18.2 Å². The summed E-state index contributed by atoms with van der Waals surface area (Å²) in [5.74, 6) is 2.33. The molecule has 3 N–H and O–H groups in total. The Bertz CT molecular complexity index is 667. The summed E-state index contributed by atoms with van der Waals surface area (Å²) in [6.07, 6.45) is 2.91. The second kappa shape index (κ2) is 4.97. The Morgan fingerprint density at radius 2 is 2.21 bits per heavy atom. The summed E-state index contributed by atoms with van der Waals surface area (Å²) in [5, 5.41) is 4.31. The lowest BCUT2D eigenvalue weighted by molar-refractivity contribution is 0.838. The van der Waals surface area contributed by atoms with E-state index in [1.165, 1.54) is 0 Å². The molecule has 3 rings (SSSR count). The van der Waals surface area contributed by atoms with Crippen LogP contribution >= 0.6 is 11.8 Å². The van der Waals surface area contributed by atoms with Crippen LogP contribution in [0.1, 0.15) is 13.3 Å². The van der Waals surface area contributed by atoms with Gasteiger partial charge in [-0.1, -0.05) is 19.1 Å². The van der Waals surface area contributed by atoms with E-state index in [1.807, 2.05) is 24.3 Å². The van der Waals surface area contributed by atoms with Crippen molar-refractivity contribution in [2.75, 3.05) is 11.5 Å². The highest BCUT2D eigenvalue weighted by Gasteiger charge is 2.12. The molecule has 3 aromatic rings. The maximum absolute atomic E-state index is 6.12. The first-order valence-electron chi connectivity index (χ1n) is 6.21. The second-order valence-corrected chi connectivity index (χ2v) is 5.37. The highest BCUT2D eigenvalue weighted by atomic mass is 32.2. The minimum Gasteiger partial charge on any atom is -0.383 e. The van der Waals surface area contributed by atoms with E-state index in [0.29, 0.717) is 11.8 Å². The number of nitrogens with zero attached hydrogens (tertiary/aromatic N) is 3. The first-order valence-corrected chi connectivity index (χ1v) is 7.19. The summed E-state index contributed by atoms with van der Waals surface area (Å²) in [6.45, 7) is 2.15. The van der Waals surface area contributed by atoms with E-state index in [0.717, 1.165) is 28.1 Å². The number of H-pyrrole nitrogens is 1. The number of nitrogen functional groups attached to an aromatic ring is 1. The molecule has 0 radical (unpaired) electrons. The van der Waals surface area contributed by atoms with Gasteiger partial charge in [0.2, 0.25) is 5.95 Å². The zero-order valence-electron chi connectivity index (χ0n) is 10.6. The molecule has 0 aliphatic rings. The highest BCUT2D eigenvalue weighted by Crippen LogP contribution is 2.27. The van der Waals surface area contributed by atoms with Gasteiger partial charge in [0.1, 0.15) is 5.82 Å². The normalized spacial score (nSPS) is 11.2. The number of rotatable bonds is 4. The van der Waals surface area contributed by atoms with Crippen LogP contribution in [0.25, 0.3) is 17.0 Å². The largest absolute Gasteiger partial charge is 0.383 e. The fraction of sp³-hybridized carbons (Fsp3) is 0.231. The molecule has 0 atom stereocenters. The molecule has 0 bridgehead atoms. The average molecular weight is 273 g/mol. The first kappa shape index (κ1) is 12.1. The standard InChI is InChI=1S/C13H15N5S/c1-2-7-19-11-8-15-18(12(11)14)13-16-9-5-3-4-6-10(9)17-13/h3-6,8H,2,7,14H2,1H3,(H,16,17). The molecule has 0 saturated carbocycles. The van der Waals surface area contributed by atoms with Gasteiger partial charge in [-0.25, -0.2) is 4.98 Å². The number of fused-ring (bicyclic) bond motifs is 1. The van der Waals surface area contributed by atoms with Crippen molar-refractivity contribution in [1.82, 2.24) is 19.7 Å². The molecular formula is C13H15N5S. The van der Waals surface area contributed by atoms with E-state index >= 15 is 0 Å². The van der Waals surface area contributed by atoms with Crippen LogP contribution in [0.2, 0.25) is 0 Å². The molecule has 0 saturated heterocycles. The number of benzene rings is 1. The van der Waals surface area contributed by atoms with Crippen LogP contribution < -0.4 is 5.73 Å². The summed E-state index contributed by atoms with van der Waals surface area (Å²) in [4.78, 5) is 8.72. The third-order valence-electron chi connectivity index (χ3n) is 2.81. The van der Waals surface area contributed by atoms with E-state index in [1.54, 1.807) is 22.6 Å². The Morgan fingerprint density at radius 1 is 1.37 bits per heavy atom. The number of aromatic nitrogens is 4. The number of nitrogens with two attached hydrogens (primary N) is 1. The maximum Gasteiger partial charge on any atom is 0.231 e. The average Bonchev–Trinajstić information content (AvgIpc) is 2.99. The number of para-hydroxylation sites is 2. The van der Waals surface area contributed by atoms with Crippen molar-refractivity contribution < 1.29 is 0 Å². The number of imidazole rings is 1. The van der Waals surface area contributed by atoms with E-state index in [2.05, 4.69) is 22.0 Å². The molecule has 0 aliphatic carbocycles. The van der Waals surface area contributed by atoms with Crippen LogP contribution in [0, 0.1) is 0 Å². The molecule has 0 fully saturated rings. The predicted octanol–water partition coefficient (Wildman–Crippen LogP) is 2.83. The fourth-order valence-corrected chi connectivity index (χ4v) is 2.65. The molecular weight excluding hydrogens is 258 g/mol. The third kappa shape index (κ3) is 2.19. The molecule has 0 spiro atoms. The topological polar surface area (TPSA) is 72.5 Å². The lowest BCUT2D eigenvalue weighted by atomic mass is 10.3. The molecule has 0 amide bonds. The monoisotopic (exact) mass is 273 g/mol. The predicted molar refractivity (Wildman–Crippen MR) is 78.6 cm³/mol. The Balaban J connectivity index is 1.99. The number of thioether (sulfide) groups is 1. The first-order chi connectivity index (χ1) is 9.29. The van der Waals surface area contributed by atoms with Crippen LogP contribution in [0.15, 0.2) is 35.4 Å². The number of anilines is 1. The third-order valence-corrected chi connectivity index (χ3v) is 4.05. The molecule has 98 valence electrons. The van der Waals surface area contributed by atoms with Crippen molar-refractivity contribution in [2.24, 2.45) is 0 Å². The van der Waals surface area contributed by atoms with Gasteiger partial charge in [0.05, 0.1) is 22.1 Å². The van der Waals surface area contributed by atoms with E-state index in [4.69, 9.17) is 5.73 Å². The summed E-state index contributed by atoms with van der Waals surface area (Å²) in [7, 11) is 0. The van der Waals surface area contributed by atoms with Gasteiger partial charge in [0.15, 0.2) is 0 Å². The quantitative estimate of drug-likeness (QED) is 0.717. The summed E-state index contributed by atoms with van der Waals surface area (Å²) >= 11 is 1.72. The number of hydrogen-bond donors (Lipinski definition) is 2. The van der Waals surface area contributed by atoms with E-state index in [-0.39, 0.29) is 0 Å². The highest BCUT2D eigenvalue weighted by molar-refractivity contribution is 7.99. The van der Waals surface area contributed by atoms with Gasteiger partial charge < -0.3 is 10.7 Å². The smallest absolute Gasteiger partial charge is 0.231 e. The van der Waals surface area contributed by atoms with Crippen molar-refractivity contribution in [1.29, 1.82) is 0 Å². The van der Waals surface area contributed by atoms with Crippen LogP contribution in [0.5, 0.6) is 0 Å². The number of hydrogen-bond acceptors (Lipinski definition) is 4. The lowest BCUT2D eigenvalue weighted by Crippen LogP contribution is -2.03. The molecule has 6 heteroatoms. The van der Waals surface area contributed by atoms with Gasteiger partial charge in [-0.15, -0.1) is 11.8 Å². The van der Waals surface area contributed by atoms with Crippen LogP contribution in [-0.2, 0) is 0 Å². The zero-order valence-corrected chi connectivity index (χ0v) is 11.4. The van der Waals surface area contributed by atoms with Crippen LogP contribution in [0.3, 0.4) is 0 Å². The van der Waals surface area contributed by atoms with Crippen molar-refractivity contribution >= 4 is 28.6 Å². The zero-order chi connectivity index (χ0) is 13.2. The van der Waals surface area contributed by atoms with Gasteiger partial charge in [-0.05, 0) is 24.3 Å².